The van der Waals surface area contributed by atoms with Crippen LogP contribution in [0.1, 0.15) is 11.3 Å². The molecule has 0 saturated heterocycles. The van der Waals surface area contributed by atoms with E-state index < -0.39 is 0 Å². The molecule has 1 amide bonds. The van der Waals surface area contributed by atoms with Gasteiger partial charge in [0, 0.05) is 6.54 Å². The fraction of sp³-hybridized carbons (Fsp3) is 0.278. The fourth-order valence-corrected chi connectivity index (χ4v) is 3.00. The van der Waals surface area contributed by atoms with Gasteiger partial charge in [0.1, 0.15) is 11.5 Å². The summed E-state index contributed by atoms with van der Waals surface area (Å²) in [5, 5.41) is 11.1. The third-order valence-corrected chi connectivity index (χ3v) is 4.55. The smallest absolute Gasteiger partial charge is 0.277 e. The van der Waals surface area contributed by atoms with Crippen molar-refractivity contribution in [2.45, 2.75) is 18.6 Å². The summed E-state index contributed by atoms with van der Waals surface area (Å²) in [6.07, 6.45) is 2.27. The maximum Gasteiger partial charge on any atom is 0.277 e. The molecule has 1 aromatic carbocycles. The molecule has 26 heavy (non-hydrogen) atoms. The second kappa shape index (κ2) is 8.57. The fourth-order valence-electron chi connectivity index (χ4n) is 2.41. The number of hydrogen-bond donors (Lipinski definition) is 1. The molecule has 3 rings (SSSR count). The first-order valence-electron chi connectivity index (χ1n) is 8.06. The molecule has 0 fully saturated rings. The number of amides is 1. The van der Waals surface area contributed by atoms with E-state index in [4.69, 9.17) is 13.6 Å². The summed E-state index contributed by atoms with van der Waals surface area (Å²) >= 11 is 1.20. The van der Waals surface area contributed by atoms with Gasteiger partial charge in [0.25, 0.3) is 11.1 Å². The van der Waals surface area contributed by atoms with Crippen LogP contribution >= 0.6 is 11.8 Å². The number of furan rings is 1. The van der Waals surface area contributed by atoms with Crippen LogP contribution in [-0.2, 0) is 11.2 Å². The predicted molar refractivity (Wildman–Crippen MR) is 97.2 cm³/mol. The molecule has 0 unspecified atom stereocenters. The first kappa shape index (κ1) is 18.1. The number of ether oxygens (including phenoxy) is 1. The Balaban J connectivity index is 1.45. The van der Waals surface area contributed by atoms with Crippen molar-refractivity contribution in [1.82, 2.24) is 15.5 Å². The lowest BCUT2D eigenvalue weighted by Crippen LogP contribution is -2.27. The first-order chi connectivity index (χ1) is 12.7. The number of nitrogens with one attached hydrogen (secondary N) is 1. The Morgan fingerprint density at radius 2 is 2.12 bits per heavy atom. The van der Waals surface area contributed by atoms with Gasteiger partial charge in [-0.05, 0) is 31.0 Å². The highest BCUT2D eigenvalue weighted by Crippen LogP contribution is 2.26. The molecule has 8 heteroatoms. The third-order valence-electron chi connectivity index (χ3n) is 3.73. The minimum absolute atomic E-state index is 0.0934. The highest BCUT2D eigenvalue weighted by atomic mass is 32.2. The van der Waals surface area contributed by atoms with Crippen LogP contribution in [0.3, 0.4) is 0 Å². The van der Waals surface area contributed by atoms with Crippen molar-refractivity contribution < 1.29 is 18.4 Å². The number of methoxy groups -OCH3 is 1. The van der Waals surface area contributed by atoms with E-state index in [-0.39, 0.29) is 11.7 Å². The average Bonchev–Trinajstić information content (AvgIpc) is 3.29. The largest absolute Gasteiger partial charge is 0.496 e. The Labute approximate surface area is 155 Å². The Kier molecular flexibility index (Phi) is 5.96. The molecular weight excluding hydrogens is 354 g/mol. The normalized spacial score (nSPS) is 10.7. The van der Waals surface area contributed by atoms with E-state index in [0.717, 1.165) is 16.9 Å². The van der Waals surface area contributed by atoms with Crippen LogP contribution in [0.4, 0.5) is 0 Å². The predicted octanol–water partition coefficient (Wildman–Crippen LogP) is 3.10. The molecule has 2 heterocycles. The number of rotatable bonds is 8. The van der Waals surface area contributed by atoms with E-state index in [9.17, 15) is 4.79 Å². The van der Waals surface area contributed by atoms with Crippen LogP contribution in [-0.4, -0.2) is 35.5 Å². The molecule has 0 aliphatic carbocycles. The minimum Gasteiger partial charge on any atom is -0.496 e. The first-order valence-corrected chi connectivity index (χ1v) is 9.05. The second-order valence-electron chi connectivity index (χ2n) is 5.46. The summed E-state index contributed by atoms with van der Waals surface area (Å²) in [7, 11) is 1.64. The van der Waals surface area contributed by atoms with E-state index in [1.807, 2.05) is 31.2 Å². The Bertz CT molecular complexity index is 875. The number of hydrogen-bond acceptors (Lipinski definition) is 7. The SMILES string of the molecule is COc1ccccc1CCNC(=O)CSc1nnc(-c2ccoc2C)o1. The molecule has 7 nitrogen and oxygen atoms in total. The number of carbonyl (C=O) groups is 1. The lowest BCUT2D eigenvalue weighted by molar-refractivity contribution is -0.118. The van der Waals surface area contributed by atoms with Crippen LogP contribution in [0.5, 0.6) is 5.75 Å². The quantitative estimate of drug-likeness (QED) is 0.607. The van der Waals surface area contributed by atoms with Crippen molar-refractivity contribution in [2.75, 3.05) is 19.4 Å². The van der Waals surface area contributed by atoms with Crippen LogP contribution in [0.25, 0.3) is 11.5 Å². The van der Waals surface area contributed by atoms with E-state index >= 15 is 0 Å². The van der Waals surface area contributed by atoms with Crippen LogP contribution in [0.2, 0.25) is 0 Å². The molecule has 1 N–H and O–H groups in total. The van der Waals surface area contributed by atoms with Gasteiger partial charge in [-0.3, -0.25) is 4.79 Å². The van der Waals surface area contributed by atoms with E-state index in [0.29, 0.717) is 29.8 Å². The highest BCUT2D eigenvalue weighted by molar-refractivity contribution is 7.99. The molecule has 0 radical (unpaired) electrons. The van der Waals surface area contributed by atoms with Gasteiger partial charge in [0.05, 0.1) is 24.7 Å². The molecule has 2 aromatic heterocycles. The molecule has 0 aliphatic rings. The monoisotopic (exact) mass is 373 g/mol. The molecule has 0 aliphatic heterocycles. The number of nitrogens with zero attached hydrogens (tertiary/aromatic N) is 2. The summed E-state index contributed by atoms with van der Waals surface area (Å²) < 4.78 is 16.1. The summed E-state index contributed by atoms with van der Waals surface area (Å²) in [6.45, 7) is 2.35. The molecule has 3 aromatic rings. The van der Waals surface area contributed by atoms with Crippen molar-refractivity contribution in [3.05, 3.63) is 47.9 Å². The summed E-state index contributed by atoms with van der Waals surface area (Å²) in [4.78, 5) is 12.0. The van der Waals surface area contributed by atoms with Crippen molar-refractivity contribution >= 4 is 17.7 Å². The number of aromatic nitrogens is 2. The van der Waals surface area contributed by atoms with E-state index in [1.54, 1.807) is 19.4 Å². The zero-order valence-corrected chi connectivity index (χ0v) is 15.3. The van der Waals surface area contributed by atoms with Crippen LogP contribution in [0.15, 0.2) is 50.7 Å². The number of aryl methyl sites for hydroxylation is 1. The lowest BCUT2D eigenvalue weighted by Gasteiger charge is -2.08. The van der Waals surface area contributed by atoms with Crippen molar-refractivity contribution in [3.63, 3.8) is 0 Å². The van der Waals surface area contributed by atoms with Gasteiger partial charge in [-0.2, -0.15) is 0 Å². The molecule has 0 atom stereocenters. The summed E-state index contributed by atoms with van der Waals surface area (Å²) in [5.41, 5.74) is 1.81. The minimum atomic E-state index is -0.0934. The third kappa shape index (κ3) is 4.45. The van der Waals surface area contributed by atoms with Crippen LogP contribution < -0.4 is 10.1 Å². The molecule has 136 valence electrons. The lowest BCUT2D eigenvalue weighted by atomic mass is 10.1. The molecule has 0 spiro atoms. The van der Waals surface area contributed by atoms with E-state index in [2.05, 4.69) is 15.5 Å². The van der Waals surface area contributed by atoms with Gasteiger partial charge < -0.3 is 18.9 Å². The average molecular weight is 373 g/mol. The van der Waals surface area contributed by atoms with Gasteiger partial charge in [-0.1, -0.05) is 30.0 Å². The number of para-hydroxylation sites is 1. The molecule has 0 bridgehead atoms. The molecular formula is C18H19N3O4S. The zero-order valence-electron chi connectivity index (χ0n) is 14.5. The highest BCUT2D eigenvalue weighted by Gasteiger charge is 2.14. The van der Waals surface area contributed by atoms with E-state index in [1.165, 1.54) is 11.8 Å². The van der Waals surface area contributed by atoms with Crippen LogP contribution in [0, 0.1) is 6.92 Å². The van der Waals surface area contributed by atoms with Gasteiger partial charge in [-0.15, -0.1) is 10.2 Å². The maximum atomic E-state index is 12.0. The van der Waals surface area contributed by atoms with Gasteiger partial charge >= 0.3 is 0 Å². The topological polar surface area (TPSA) is 90.4 Å². The van der Waals surface area contributed by atoms with Crippen molar-refractivity contribution in [3.8, 4) is 17.2 Å². The number of carbonyl (C=O) groups excluding carboxylic acids is 1. The molecule has 0 saturated carbocycles. The summed E-state index contributed by atoms with van der Waals surface area (Å²) in [5.74, 6) is 2.03. The summed E-state index contributed by atoms with van der Waals surface area (Å²) in [6, 6.07) is 9.52. The van der Waals surface area contributed by atoms with Crippen molar-refractivity contribution in [2.24, 2.45) is 0 Å². The number of benzene rings is 1. The Morgan fingerprint density at radius 3 is 2.88 bits per heavy atom. The van der Waals surface area contributed by atoms with Gasteiger partial charge in [-0.25, -0.2) is 0 Å². The standard InChI is InChI=1S/C18H19N3O4S/c1-12-14(8-10-24-12)17-20-21-18(25-17)26-11-16(22)19-9-7-13-5-3-4-6-15(13)23-2/h3-6,8,10H,7,9,11H2,1-2H3,(H,19,22). The second-order valence-corrected chi connectivity index (χ2v) is 6.39. The Morgan fingerprint density at radius 1 is 1.27 bits per heavy atom. The Hall–Kier alpha value is -2.74. The van der Waals surface area contributed by atoms with Gasteiger partial charge in [0.2, 0.25) is 5.91 Å². The maximum absolute atomic E-state index is 12.0. The van der Waals surface area contributed by atoms with Crippen molar-refractivity contribution in [1.29, 1.82) is 0 Å². The number of thioether (sulfide) groups is 1. The van der Waals surface area contributed by atoms with Gasteiger partial charge in [0.15, 0.2) is 0 Å². The zero-order chi connectivity index (χ0) is 18.4.